The lowest BCUT2D eigenvalue weighted by Crippen LogP contribution is -2.38. The van der Waals surface area contributed by atoms with Gasteiger partial charge in [0.25, 0.3) is 5.91 Å². The molecule has 0 radical (unpaired) electrons. The molecular formula is C18H18Cl2N2O4S. The van der Waals surface area contributed by atoms with Crippen LogP contribution >= 0.6 is 23.2 Å². The van der Waals surface area contributed by atoms with E-state index in [1.807, 2.05) is 0 Å². The van der Waals surface area contributed by atoms with E-state index in [0.717, 1.165) is 11.8 Å². The van der Waals surface area contributed by atoms with Crippen LogP contribution in [-0.2, 0) is 14.6 Å². The molecule has 1 unspecified atom stereocenters. The predicted octanol–water partition coefficient (Wildman–Crippen LogP) is 3.00. The highest BCUT2D eigenvalue weighted by Crippen LogP contribution is 2.20. The highest BCUT2D eigenvalue weighted by molar-refractivity contribution is 7.90. The summed E-state index contributed by atoms with van der Waals surface area (Å²) in [6, 6.07) is 10.3. The Labute approximate surface area is 167 Å². The van der Waals surface area contributed by atoms with E-state index >= 15 is 0 Å². The van der Waals surface area contributed by atoms with Gasteiger partial charge in [0.2, 0.25) is 5.91 Å². The molecule has 2 aromatic carbocycles. The second-order valence-electron chi connectivity index (χ2n) is 5.94. The SMILES string of the molecule is CC(NC(=O)CNC(=O)c1ccc(Cl)cc1Cl)c1ccc(S(C)(=O)=O)cc1. The Morgan fingerprint density at radius 2 is 1.70 bits per heavy atom. The van der Waals surface area contributed by atoms with Crippen LogP contribution in [0.1, 0.15) is 28.9 Å². The summed E-state index contributed by atoms with van der Waals surface area (Å²) in [6.07, 6.45) is 1.13. The largest absolute Gasteiger partial charge is 0.348 e. The van der Waals surface area contributed by atoms with Gasteiger partial charge in [0.15, 0.2) is 9.84 Å². The molecule has 0 saturated heterocycles. The van der Waals surface area contributed by atoms with Crippen LogP contribution in [0.25, 0.3) is 0 Å². The van der Waals surface area contributed by atoms with E-state index in [9.17, 15) is 18.0 Å². The third kappa shape index (κ3) is 5.95. The van der Waals surface area contributed by atoms with Crippen LogP contribution in [0.3, 0.4) is 0 Å². The second-order valence-corrected chi connectivity index (χ2v) is 8.80. The first kappa shape index (κ1) is 21.2. The van der Waals surface area contributed by atoms with Crippen molar-refractivity contribution >= 4 is 44.9 Å². The van der Waals surface area contributed by atoms with E-state index in [1.165, 1.54) is 30.3 Å². The number of halogens is 2. The Bertz CT molecular complexity index is 960. The molecule has 6 nitrogen and oxygen atoms in total. The van der Waals surface area contributed by atoms with Crippen molar-refractivity contribution < 1.29 is 18.0 Å². The molecule has 9 heteroatoms. The van der Waals surface area contributed by atoms with Crippen molar-refractivity contribution in [2.24, 2.45) is 0 Å². The lowest BCUT2D eigenvalue weighted by atomic mass is 10.1. The van der Waals surface area contributed by atoms with E-state index in [-0.39, 0.29) is 28.1 Å². The average molecular weight is 429 g/mol. The Morgan fingerprint density at radius 3 is 2.26 bits per heavy atom. The fraction of sp³-hybridized carbons (Fsp3) is 0.222. The number of sulfone groups is 1. The van der Waals surface area contributed by atoms with Crippen LogP contribution in [0, 0.1) is 0 Å². The average Bonchev–Trinajstić information content (AvgIpc) is 2.59. The van der Waals surface area contributed by atoms with Crippen molar-refractivity contribution in [1.82, 2.24) is 10.6 Å². The molecule has 0 heterocycles. The van der Waals surface area contributed by atoms with Gasteiger partial charge in [-0.3, -0.25) is 9.59 Å². The third-order valence-electron chi connectivity index (χ3n) is 3.77. The Morgan fingerprint density at radius 1 is 1.07 bits per heavy atom. The minimum atomic E-state index is -3.27. The third-order valence-corrected chi connectivity index (χ3v) is 5.45. The minimum Gasteiger partial charge on any atom is -0.348 e. The quantitative estimate of drug-likeness (QED) is 0.739. The summed E-state index contributed by atoms with van der Waals surface area (Å²) in [4.78, 5) is 24.4. The van der Waals surface area contributed by atoms with Gasteiger partial charge in [-0.15, -0.1) is 0 Å². The van der Waals surface area contributed by atoms with Crippen molar-refractivity contribution in [3.8, 4) is 0 Å². The topological polar surface area (TPSA) is 92.3 Å². The molecular weight excluding hydrogens is 411 g/mol. The van der Waals surface area contributed by atoms with E-state index in [4.69, 9.17) is 23.2 Å². The van der Waals surface area contributed by atoms with Crippen LogP contribution in [0.15, 0.2) is 47.4 Å². The van der Waals surface area contributed by atoms with Gasteiger partial charge in [0, 0.05) is 11.3 Å². The Kier molecular flexibility index (Phi) is 6.86. The molecule has 0 fully saturated rings. The highest BCUT2D eigenvalue weighted by Gasteiger charge is 2.14. The fourth-order valence-electron chi connectivity index (χ4n) is 2.31. The molecule has 2 amide bonds. The monoisotopic (exact) mass is 428 g/mol. The number of rotatable bonds is 6. The van der Waals surface area contributed by atoms with Crippen LogP contribution in [0.4, 0.5) is 0 Å². The molecule has 0 aromatic heterocycles. The lowest BCUT2D eigenvalue weighted by molar-refractivity contribution is -0.120. The molecule has 144 valence electrons. The zero-order chi connectivity index (χ0) is 20.2. The van der Waals surface area contributed by atoms with Gasteiger partial charge in [-0.1, -0.05) is 35.3 Å². The van der Waals surface area contributed by atoms with E-state index in [2.05, 4.69) is 10.6 Å². The summed E-state index contributed by atoms with van der Waals surface area (Å²) in [5, 5.41) is 5.82. The molecule has 0 saturated carbocycles. The molecule has 2 aromatic rings. The van der Waals surface area contributed by atoms with Crippen LogP contribution < -0.4 is 10.6 Å². The summed E-state index contributed by atoms with van der Waals surface area (Å²) in [6.45, 7) is 1.52. The maximum Gasteiger partial charge on any atom is 0.253 e. The molecule has 0 aliphatic carbocycles. The smallest absolute Gasteiger partial charge is 0.253 e. The van der Waals surface area contributed by atoms with Gasteiger partial charge in [-0.2, -0.15) is 0 Å². The fourth-order valence-corrected chi connectivity index (χ4v) is 3.43. The molecule has 0 aliphatic heterocycles. The maximum absolute atomic E-state index is 12.1. The summed E-state index contributed by atoms with van der Waals surface area (Å²) >= 11 is 11.7. The summed E-state index contributed by atoms with van der Waals surface area (Å²) in [5.41, 5.74) is 0.959. The first-order chi connectivity index (χ1) is 12.6. The molecule has 2 N–H and O–H groups in total. The van der Waals surface area contributed by atoms with Gasteiger partial charge >= 0.3 is 0 Å². The summed E-state index contributed by atoms with van der Waals surface area (Å²) in [5.74, 6) is -0.884. The number of hydrogen-bond donors (Lipinski definition) is 2. The number of carbonyl (C=O) groups excluding carboxylic acids is 2. The molecule has 0 spiro atoms. The van der Waals surface area contributed by atoms with Gasteiger partial charge < -0.3 is 10.6 Å². The number of hydrogen-bond acceptors (Lipinski definition) is 4. The molecule has 0 aliphatic rings. The maximum atomic E-state index is 12.1. The van der Waals surface area contributed by atoms with Crippen molar-refractivity contribution in [2.75, 3.05) is 12.8 Å². The van der Waals surface area contributed by atoms with Crippen LogP contribution in [0.5, 0.6) is 0 Å². The van der Waals surface area contributed by atoms with Gasteiger partial charge in [0.05, 0.1) is 28.1 Å². The number of carbonyl (C=O) groups is 2. The number of nitrogens with one attached hydrogen (secondary N) is 2. The van der Waals surface area contributed by atoms with E-state index in [1.54, 1.807) is 19.1 Å². The van der Waals surface area contributed by atoms with Crippen molar-refractivity contribution in [3.05, 3.63) is 63.6 Å². The molecule has 0 bridgehead atoms. The number of amides is 2. The van der Waals surface area contributed by atoms with Crippen LogP contribution in [-0.4, -0.2) is 33.0 Å². The number of benzene rings is 2. The zero-order valence-corrected chi connectivity index (χ0v) is 17.0. The van der Waals surface area contributed by atoms with E-state index in [0.29, 0.717) is 5.02 Å². The van der Waals surface area contributed by atoms with Gasteiger partial charge in [-0.05, 0) is 42.8 Å². The van der Waals surface area contributed by atoms with Crippen LogP contribution in [0.2, 0.25) is 10.0 Å². The standard InChI is InChI=1S/C18H18Cl2N2O4S/c1-11(12-3-6-14(7-4-12)27(2,25)26)22-17(23)10-21-18(24)15-8-5-13(19)9-16(15)20/h3-9,11H,10H2,1-2H3,(H,21,24)(H,22,23). The van der Waals surface area contributed by atoms with E-state index < -0.39 is 21.7 Å². The first-order valence-electron chi connectivity index (χ1n) is 7.90. The molecule has 27 heavy (non-hydrogen) atoms. The minimum absolute atomic E-state index is 0.194. The Balaban J connectivity index is 1.92. The van der Waals surface area contributed by atoms with Gasteiger partial charge in [0.1, 0.15) is 0 Å². The van der Waals surface area contributed by atoms with Gasteiger partial charge in [-0.25, -0.2) is 8.42 Å². The normalized spacial score (nSPS) is 12.3. The summed E-state index contributed by atoms with van der Waals surface area (Å²) < 4.78 is 22.9. The highest BCUT2D eigenvalue weighted by atomic mass is 35.5. The second kappa shape index (κ2) is 8.73. The van der Waals surface area contributed by atoms with Crippen molar-refractivity contribution in [3.63, 3.8) is 0 Å². The van der Waals surface area contributed by atoms with Crippen molar-refractivity contribution in [1.29, 1.82) is 0 Å². The van der Waals surface area contributed by atoms with Crippen molar-refractivity contribution in [2.45, 2.75) is 17.9 Å². The predicted molar refractivity (Wildman–Crippen MR) is 105 cm³/mol. The molecule has 2 rings (SSSR count). The molecule has 1 atom stereocenters. The summed E-state index contributed by atoms with van der Waals surface area (Å²) in [7, 11) is -3.27. The Hall–Kier alpha value is -2.09. The zero-order valence-electron chi connectivity index (χ0n) is 14.6. The first-order valence-corrected chi connectivity index (χ1v) is 10.6. The lowest BCUT2D eigenvalue weighted by Gasteiger charge is -2.15.